The standard InChI is InChI=1S/C28H25N3O4/c1-29-21-9-7-18(4-2-6-26(32)33)24(15-21)31-27(34)23-16-28(23)11-13-35-25-10-8-19(14-22(25)28)20-5-3-12-30-17-20/h3,5,7-10,12,14-15,17,23H,2,4,6,11,13,16H2,(H,31,34)(H,32,33)/t23-,28-/m0/s1. The number of aryl methyl sites for hydroxylation is 1. The summed E-state index contributed by atoms with van der Waals surface area (Å²) in [5.74, 6) is -0.301. The number of carboxylic acid groups (broad SMARTS) is 1. The highest BCUT2D eigenvalue weighted by Gasteiger charge is 2.61. The Kier molecular flexibility index (Phi) is 5.96. The molecule has 3 aromatic rings. The topological polar surface area (TPSA) is 92.9 Å². The van der Waals surface area contributed by atoms with Crippen LogP contribution in [0.3, 0.4) is 0 Å². The van der Waals surface area contributed by atoms with Crippen molar-refractivity contribution in [2.45, 2.75) is 37.5 Å². The first-order valence-electron chi connectivity index (χ1n) is 11.7. The van der Waals surface area contributed by atoms with E-state index in [1.165, 1.54) is 0 Å². The highest BCUT2D eigenvalue weighted by atomic mass is 16.5. The van der Waals surface area contributed by atoms with E-state index >= 15 is 0 Å². The smallest absolute Gasteiger partial charge is 0.303 e. The third kappa shape index (κ3) is 4.47. The average molecular weight is 468 g/mol. The monoisotopic (exact) mass is 467 g/mol. The van der Waals surface area contributed by atoms with Gasteiger partial charge in [-0.25, -0.2) is 4.85 Å². The summed E-state index contributed by atoms with van der Waals surface area (Å²) in [4.78, 5) is 32.0. The quantitative estimate of drug-likeness (QED) is 0.455. The molecule has 2 atom stereocenters. The van der Waals surface area contributed by atoms with Crippen LogP contribution >= 0.6 is 0 Å². The predicted octanol–water partition coefficient (Wildman–Crippen LogP) is 5.39. The molecule has 0 radical (unpaired) electrons. The molecule has 5 rings (SSSR count). The molecule has 1 saturated carbocycles. The maximum Gasteiger partial charge on any atom is 0.303 e. The molecule has 0 saturated heterocycles. The molecule has 35 heavy (non-hydrogen) atoms. The van der Waals surface area contributed by atoms with Gasteiger partial charge in [0.05, 0.1) is 13.2 Å². The van der Waals surface area contributed by atoms with Gasteiger partial charge in [0.1, 0.15) is 5.75 Å². The molecule has 7 heteroatoms. The molecule has 0 unspecified atom stereocenters. The number of pyridine rings is 1. The average Bonchev–Trinajstić information content (AvgIpc) is 3.60. The number of aliphatic carboxylic acids is 1. The van der Waals surface area contributed by atoms with Gasteiger partial charge in [-0.15, -0.1) is 0 Å². The first-order valence-corrected chi connectivity index (χ1v) is 11.7. The van der Waals surface area contributed by atoms with Crippen LogP contribution in [0.25, 0.3) is 16.0 Å². The van der Waals surface area contributed by atoms with Crippen LogP contribution in [0.4, 0.5) is 11.4 Å². The van der Waals surface area contributed by atoms with E-state index in [-0.39, 0.29) is 23.7 Å². The van der Waals surface area contributed by atoms with E-state index in [0.29, 0.717) is 30.8 Å². The summed E-state index contributed by atoms with van der Waals surface area (Å²) < 4.78 is 5.92. The third-order valence-electron chi connectivity index (χ3n) is 7.03. The number of amides is 1. The lowest BCUT2D eigenvalue weighted by Crippen LogP contribution is -2.27. The molecule has 7 nitrogen and oxygen atoms in total. The van der Waals surface area contributed by atoms with Gasteiger partial charge >= 0.3 is 5.97 Å². The number of benzene rings is 2. The summed E-state index contributed by atoms with van der Waals surface area (Å²) in [6, 6.07) is 15.2. The Labute approximate surface area is 203 Å². The molecule has 2 aliphatic rings. The van der Waals surface area contributed by atoms with Crippen molar-refractivity contribution in [1.29, 1.82) is 0 Å². The molecule has 0 bridgehead atoms. The number of carboxylic acids is 1. The van der Waals surface area contributed by atoms with Gasteiger partial charge in [0.15, 0.2) is 5.69 Å². The van der Waals surface area contributed by atoms with E-state index in [0.717, 1.165) is 40.8 Å². The second-order valence-electron chi connectivity index (χ2n) is 9.15. The maximum atomic E-state index is 13.4. The van der Waals surface area contributed by atoms with Gasteiger partial charge < -0.3 is 15.2 Å². The number of fused-ring (bicyclic) bond motifs is 2. The zero-order valence-corrected chi connectivity index (χ0v) is 19.2. The molecule has 2 aromatic carbocycles. The van der Waals surface area contributed by atoms with Gasteiger partial charge in [-0.1, -0.05) is 24.3 Å². The van der Waals surface area contributed by atoms with Crippen LogP contribution in [-0.2, 0) is 21.4 Å². The molecule has 2 heterocycles. The number of hydrogen-bond acceptors (Lipinski definition) is 4. The molecular weight excluding hydrogens is 442 g/mol. The van der Waals surface area contributed by atoms with Gasteiger partial charge in [-0.3, -0.25) is 14.6 Å². The summed E-state index contributed by atoms with van der Waals surface area (Å²) >= 11 is 0. The van der Waals surface area contributed by atoms with Crippen molar-refractivity contribution < 1.29 is 19.4 Å². The van der Waals surface area contributed by atoms with Crippen molar-refractivity contribution in [3.05, 3.63) is 83.5 Å². The minimum atomic E-state index is -0.850. The Morgan fingerprint density at radius 2 is 2.09 bits per heavy atom. The fraction of sp³-hybridized carbons (Fsp3) is 0.286. The number of rotatable bonds is 7. The van der Waals surface area contributed by atoms with E-state index < -0.39 is 5.97 Å². The van der Waals surface area contributed by atoms with Crippen LogP contribution in [0, 0.1) is 12.5 Å². The molecule has 1 amide bonds. The number of aromatic nitrogens is 1. The largest absolute Gasteiger partial charge is 0.493 e. The van der Waals surface area contributed by atoms with Crippen molar-refractivity contribution in [2.75, 3.05) is 11.9 Å². The van der Waals surface area contributed by atoms with Gasteiger partial charge in [-0.2, -0.15) is 0 Å². The van der Waals surface area contributed by atoms with Crippen LogP contribution in [0.15, 0.2) is 60.9 Å². The highest BCUT2D eigenvalue weighted by Crippen LogP contribution is 2.61. The molecule has 2 N–H and O–H groups in total. The fourth-order valence-electron chi connectivity index (χ4n) is 5.08. The number of carbonyl (C=O) groups is 2. The molecule has 1 fully saturated rings. The lowest BCUT2D eigenvalue weighted by atomic mass is 9.85. The number of nitrogens with zero attached hydrogens (tertiary/aromatic N) is 2. The Hall–Kier alpha value is -4.18. The van der Waals surface area contributed by atoms with Crippen LogP contribution in [0.2, 0.25) is 0 Å². The Balaban J connectivity index is 1.38. The number of hydrogen-bond donors (Lipinski definition) is 2. The van der Waals surface area contributed by atoms with Crippen LogP contribution in [-0.4, -0.2) is 28.6 Å². The van der Waals surface area contributed by atoms with Crippen molar-refractivity contribution in [3.63, 3.8) is 0 Å². The Morgan fingerprint density at radius 3 is 2.86 bits per heavy atom. The van der Waals surface area contributed by atoms with Crippen LogP contribution in [0.1, 0.15) is 36.8 Å². The fourth-order valence-corrected chi connectivity index (χ4v) is 5.08. The summed E-state index contributed by atoms with van der Waals surface area (Å²) in [5.41, 5.74) is 4.71. The zero-order chi connectivity index (χ0) is 24.4. The Bertz CT molecular complexity index is 1330. The molecule has 1 aliphatic carbocycles. The number of carbonyl (C=O) groups excluding carboxylic acids is 1. The lowest BCUT2D eigenvalue weighted by molar-refractivity contribution is -0.137. The molecule has 176 valence electrons. The number of ether oxygens (including phenoxy) is 1. The number of anilines is 1. The zero-order valence-electron chi connectivity index (χ0n) is 19.2. The summed E-state index contributed by atoms with van der Waals surface area (Å²) in [7, 11) is 0. The maximum absolute atomic E-state index is 13.4. The predicted molar refractivity (Wildman–Crippen MR) is 131 cm³/mol. The van der Waals surface area contributed by atoms with E-state index in [1.54, 1.807) is 24.4 Å². The summed E-state index contributed by atoms with van der Waals surface area (Å²) in [5, 5.41) is 12.0. The second kappa shape index (κ2) is 9.22. The van der Waals surface area contributed by atoms with Gasteiger partial charge in [-0.05, 0) is 61.1 Å². The summed E-state index contributed by atoms with van der Waals surface area (Å²) in [6.45, 7) is 7.89. The van der Waals surface area contributed by atoms with Gasteiger partial charge in [0, 0.05) is 47.0 Å². The summed E-state index contributed by atoms with van der Waals surface area (Å²) in [6.07, 6.45) is 6.11. The molecule has 1 spiro atoms. The van der Waals surface area contributed by atoms with Crippen LogP contribution < -0.4 is 10.1 Å². The highest BCUT2D eigenvalue weighted by molar-refractivity contribution is 5.97. The van der Waals surface area contributed by atoms with E-state index in [9.17, 15) is 9.59 Å². The van der Waals surface area contributed by atoms with Crippen molar-refractivity contribution in [3.8, 4) is 16.9 Å². The van der Waals surface area contributed by atoms with E-state index in [1.807, 2.05) is 30.5 Å². The minimum absolute atomic E-state index is 0.0553. The first-order chi connectivity index (χ1) is 17.0. The Morgan fingerprint density at radius 1 is 1.20 bits per heavy atom. The molecular formula is C28H25N3O4. The SMILES string of the molecule is [C-]#[N+]c1ccc(CCCC(=O)O)c(NC(=O)[C@@H]2C[C@]23CCOc2ccc(-c4cccnc4)cc23)c1. The van der Waals surface area contributed by atoms with Crippen molar-refractivity contribution >= 4 is 23.3 Å². The number of nitrogens with one attached hydrogen (secondary N) is 1. The minimum Gasteiger partial charge on any atom is -0.493 e. The third-order valence-corrected chi connectivity index (χ3v) is 7.03. The first kappa shape index (κ1) is 22.6. The second-order valence-corrected chi connectivity index (χ2v) is 9.15. The van der Waals surface area contributed by atoms with Crippen molar-refractivity contribution in [1.82, 2.24) is 4.98 Å². The molecule has 1 aliphatic heterocycles. The normalized spacial score (nSPS) is 19.8. The molecule has 1 aromatic heterocycles. The van der Waals surface area contributed by atoms with Crippen LogP contribution in [0.5, 0.6) is 5.75 Å². The van der Waals surface area contributed by atoms with Gasteiger partial charge in [0.2, 0.25) is 5.91 Å². The van der Waals surface area contributed by atoms with E-state index in [4.69, 9.17) is 16.4 Å². The lowest BCUT2D eigenvalue weighted by Gasteiger charge is -2.27. The van der Waals surface area contributed by atoms with Gasteiger partial charge in [0.25, 0.3) is 0 Å². The van der Waals surface area contributed by atoms with Crippen molar-refractivity contribution in [2.24, 2.45) is 5.92 Å². The van der Waals surface area contributed by atoms with E-state index in [2.05, 4.69) is 21.2 Å².